The van der Waals surface area contributed by atoms with Crippen molar-refractivity contribution in [1.29, 1.82) is 0 Å². The molecule has 0 saturated carbocycles. The second-order valence-corrected chi connectivity index (χ2v) is 7.00. The number of aromatic nitrogens is 1. The number of oxazole rings is 1. The molecule has 1 aromatic heterocycles. The standard InChI is InChI=1S/C22H23N3O2/c1-15-19(14-25-13-5-8-20(25)21(23)26)24-22(27-15)18-11-9-17(10-12-18)16-6-3-2-4-7-16/h2-4,6-7,9-12,20H,5,8,13-14H2,1H3,(H2,23,26)/t20-/m0/s1. The molecule has 27 heavy (non-hydrogen) atoms. The van der Waals surface area contributed by atoms with E-state index in [1.54, 1.807) is 0 Å². The molecule has 1 aliphatic heterocycles. The maximum Gasteiger partial charge on any atom is 0.234 e. The van der Waals surface area contributed by atoms with Gasteiger partial charge in [0.15, 0.2) is 0 Å². The van der Waals surface area contributed by atoms with Crippen LogP contribution in [-0.4, -0.2) is 28.4 Å². The third-order valence-electron chi connectivity index (χ3n) is 5.18. The highest BCUT2D eigenvalue weighted by atomic mass is 16.4. The predicted octanol–water partition coefficient (Wildman–Crippen LogP) is 3.77. The van der Waals surface area contributed by atoms with Crippen LogP contribution in [0.4, 0.5) is 0 Å². The molecule has 0 aliphatic carbocycles. The normalized spacial score (nSPS) is 17.3. The lowest BCUT2D eigenvalue weighted by atomic mass is 10.0. The van der Waals surface area contributed by atoms with Crippen molar-refractivity contribution in [1.82, 2.24) is 9.88 Å². The maximum atomic E-state index is 11.6. The summed E-state index contributed by atoms with van der Waals surface area (Å²) in [6, 6.07) is 18.3. The van der Waals surface area contributed by atoms with Gasteiger partial charge in [0.1, 0.15) is 5.76 Å². The van der Waals surface area contributed by atoms with Crippen LogP contribution in [0.25, 0.3) is 22.6 Å². The first-order chi connectivity index (χ1) is 13.1. The summed E-state index contributed by atoms with van der Waals surface area (Å²) in [5.74, 6) is 1.13. The topological polar surface area (TPSA) is 72.4 Å². The molecule has 0 bridgehead atoms. The molecular weight excluding hydrogens is 338 g/mol. The van der Waals surface area contributed by atoms with Gasteiger partial charge in [0.25, 0.3) is 0 Å². The summed E-state index contributed by atoms with van der Waals surface area (Å²) < 4.78 is 5.90. The van der Waals surface area contributed by atoms with Gasteiger partial charge in [-0.15, -0.1) is 0 Å². The molecule has 2 aromatic carbocycles. The Kier molecular flexibility index (Phi) is 4.77. The minimum Gasteiger partial charge on any atom is -0.441 e. The minimum absolute atomic E-state index is 0.199. The van der Waals surface area contributed by atoms with E-state index in [-0.39, 0.29) is 11.9 Å². The first kappa shape index (κ1) is 17.5. The van der Waals surface area contributed by atoms with Gasteiger partial charge in [-0.3, -0.25) is 9.69 Å². The van der Waals surface area contributed by atoms with Gasteiger partial charge in [-0.05, 0) is 49.6 Å². The van der Waals surface area contributed by atoms with E-state index in [2.05, 4.69) is 34.1 Å². The lowest BCUT2D eigenvalue weighted by molar-refractivity contribution is -0.122. The van der Waals surface area contributed by atoms with E-state index < -0.39 is 0 Å². The van der Waals surface area contributed by atoms with E-state index in [4.69, 9.17) is 10.2 Å². The number of nitrogens with two attached hydrogens (primary N) is 1. The first-order valence-corrected chi connectivity index (χ1v) is 9.27. The Bertz CT molecular complexity index is 932. The quantitative estimate of drug-likeness (QED) is 0.751. The van der Waals surface area contributed by atoms with Crippen LogP contribution in [-0.2, 0) is 11.3 Å². The Morgan fingerprint density at radius 1 is 1.11 bits per heavy atom. The van der Waals surface area contributed by atoms with Gasteiger partial charge in [-0.1, -0.05) is 42.5 Å². The van der Waals surface area contributed by atoms with Crippen LogP contribution in [0.3, 0.4) is 0 Å². The van der Waals surface area contributed by atoms with Crippen LogP contribution in [0.1, 0.15) is 24.3 Å². The van der Waals surface area contributed by atoms with Crippen LogP contribution < -0.4 is 5.73 Å². The lowest BCUT2D eigenvalue weighted by Gasteiger charge is -2.20. The fraction of sp³-hybridized carbons (Fsp3) is 0.273. The Balaban J connectivity index is 1.54. The average Bonchev–Trinajstić information content (AvgIpc) is 3.30. The number of nitrogens with zero attached hydrogens (tertiary/aromatic N) is 2. The third-order valence-corrected chi connectivity index (χ3v) is 5.18. The third kappa shape index (κ3) is 3.64. The highest BCUT2D eigenvalue weighted by Crippen LogP contribution is 2.27. The van der Waals surface area contributed by atoms with Gasteiger partial charge in [-0.25, -0.2) is 4.98 Å². The summed E-state index contributed by atoms with van der Waals surface area (Å²) in [6.07, 6.45) is 1.80. The fourth-order valence-corrected chi connectivity index (χ4v) is 3.66. The molecule has 5 heteroatoms. The summed E-state index contributed by atoms with van der Waals surface area (Å²) >= 11 is 0. The molecule has 0 radical (unpaired) electrons. The molecule has 2 N–H and O–H groups in total. The average molecular weight is 361 g/mol. The number of aryl methyl sites for hydroxylation is 1. The smallest absolute Gasteiger partial charge is 0.234 e. The molecule has 1 amide bonds. The summed E-state index contributed by atoms with van der Waals surface area (Å²) in [5.41, 5.74) is 9.66. The van der Waals surface area contributed by atoms with Gasteiger partial charge >= 0.3 is 0 Å². The van der Waals surface area contributed by atoms with Crippen molar-refractivity contribution in [3.8, 4) is 22.6 Å². The van der Waals surface area contributed by atoms with E-state index in [1.807, 2.05) is 37.3 Å². The van der Waals surface area contributed by atoms with E-state index in [0.29, 0.717) is 12.4 Å². The lowest BCUT2D eigenvalue weighted by Crippen LogP contribution is -2.39. The van der Waals surface area contributed by atoms with Crippen molar-refractivity contribution >= 4 is 5.91 Å². The summed E-state index contributed by atoms with van der Waals surface area (Å²) in [4.78, 5) is 18.4. The zero-order valence-electron chi connectivity index (χ0n) is 15.4. The van der Waals surface area contributed by atoms with Crippen LogP contribution in [0.15, 0.2) is 59.0 Å². The first-order valence-electron chi connectivity index (χ1n) is 9.27. The van der Waals surface area contributed by atoms with Gasteiger partial charge in [0.2, 0.25) is 11.8 Å². The molecule has 0 spiro atoms. The van der Waals surface area contributed by atoms with Crippen molar-refractivity contribution in [2.24, 2.45) is 5.73 Å². The molecule has 1 fully saturated rings. The zero-order valence-corrected chi connectivity index (χ0v) is 15.4. The number of hydrogen-bond donors (Lipinski definition) is 1. The highest BCUT2D eigenvalue weighted by Gasteiger charge is 2.30. The number of hydrogen-bond acceptors (Lipinski definition) is 4. The molecule has 1 saturated heterocycles. The van der Waals surface area contributed by atoms with Crippen molar-refractivity contribution < 1.29 is 9.21 Å². The largest absolute Gasteiger partial charge is 0.441 e. The monoisotopic (exact) mass is 361 g/mol. The Labute approximate surface area is 158 Å². The van der Waals surface area contributed by atoms with E-state index in [9.17, 15) is 4.79 Å². The molecular formula is C22H23N3O2. The van der Waals surface area contributed by atoms with Crippen LogP contribution in [0.2, 0.25) is 0 Å². The molecule has 0 unspecified atom stereocenters. The van der Waals surface area contributed by atoms with Crippen LogP contribution in [0.5, 0.6) is 0 Å². The van der Waals surface area contributed by atoms with Gasteiger partial charge in [0, 0.05) is 12.1 Å². The number of carbonyl (C=O) groups excluding carboxylic acids is 1. The number of primary amides is 1. The molecule has 3 aromatic rings. The Hall–Kier alpha value is -2.92. The Morgan fingerprint density at radius 2 is 1.78 bits per heavy atom. The summed E-state index contributed by atoms with van der Waals surface area (Å²) in [7, 11) is 0. The SMILES string of the molecule is Cc1oc(-c2ccc(-c3ccccc3)cc2)nc1CN1CCC[C@H]1C(N)=O. The number of benzene rings is 2. The van der Waals surface area contributed by atoms with Gasteiger partial charge in [0.05, 0.1) is 11.7 Å². The second kappa shape index (κ2) is 7.37. The fourth-order valence-electron chi connectivity index (χ4n) is 3.66. The van der Waals surface area contributed by atoms with Crippen LogP contribution in [0, 0.1) is 6.92 Å². The highest BCUT2D eigenvalue weighted by molar-refractivity contribution is 5.80. The molecule has 2 heterocycles. The summed E-state index contributed by atoms with van der Waals surface area (Å²) in [5, 5.41) is 0. The van der Waals surface area contributed by atoms with Crippen molar-refractivity contribution in [2.75, 3.05) is 6.54 Å². The number of rotatable bonds is 5. The van der Waals surface area contributed by atoms with Gasteiger partial charge < -0.3 is 10.2 Å². The number of amides is 1. The molecule has 138 valence electrons. The molecule has 1 atom stereocenters. The van der Waals surface area contributed by atoms with Gasteiger partial charge in [-0.2, -0.15) is 0 Å². The van der Waals surface area contributed by atoms with E-state index >= 15 is 0 Å². The van der Waals surface area contributed by atoms with Crippen molar-refractivity contribution in [3.63, 3.8) is 0 Å². The number of likely N-dealkylation sites (tertiary alicyclic amines) is 1. The maximum absolute atomic E-state index is 11.6. The molecule has 1 aliphatic rings. The van der Waals surface area contributed by atoms with Crippen molar-refractivity contribution in [2.45, 2.75) is 32.4 Å². The van der Waals surface area contributed by atoms with Crippen LogP contribution >= 0.6 is 0 Å². The van der Waals surface area contributed by atoms with E-state index in [1.165, 1.54) is 5.56 Å². The predicted molar refractivity (Wildman–Crippen MR) is 105 cm³/mol. The molecule has 5 nitrogen and oxygen atoms in total. The summed E-state index contributed by atoms with van der Waals surface area (Å²) in [6.45, 7) is 3.37. The molecule has 4 rings (SSSR count). The number of carbonyl (C=O) groups is 1. The zero-order chi connectivity index (χ0) is 18.8. The Morgan fingerprint density at radius 3 is 2.48 bits per heavy atom. The second-order valence-electron chi connectivity index (χ2n) is 7.00. The minimum atomic E-state index is -0.259. The van der Waals surface area contributed by atoms with Crippen molar-refractivity contribution in [3.05, 3.63) is 66.1 Å². The van der Waals surface area contributed by atoms with E-state index in [0.717, 1.165) is 42.0 Å².